The Morgan fingerprint density at radius 1 is 1.22 bits per heavy atom. The summed E-state index contributed by atoms with van der Waals surface area (Å²) in [6, 6.07) is 10.4. The standard InChI is InChI=1S/C15H19NO2/c17-15(16-10-4-5-11-16)14-13(18-14)9-8-12-6-2-1-3-7-12/h1-3,6-7,13-14H,4-5,8-11H2/t13-,14+/m0/s1. The summed E-state index contributed by atoms with van der Waals surface area (Å²) < 4.78 is 5.52. The summed E-state index contributed by atoms with van der Waals surface area (Å²) in [6.45, 7) is 1.84. The van der Waals surface area contributed by atoms with Crippen molar-refractivity contribution in [1.29, 1.82) is 0 Å². The van der Waals surface area contributed by atoms with Crippen molar-refractivity contribution in [2.45, 2.75) is 37.9 Å². The van der Waals surface area contributed by atoms with Crippen LogP contribution in [0, 0.1) is 0 Å². The van der Waals surface area contributed by atoms with Crippen LogP contribution in [0.5, 0.6) is 0 Å². The van der Waals surface area contributed by atoms with E-state index in [4.69, 9.17) is 4.74 Å². The second-order valence-electron chi connectivity index (χ2n) is 5.15. The molecule has 0 radical (unpaired) electrons. The molecule has 3 nitrogen and oxygen atoms in total. The van der Waals surface area contributed by atoms with Crippen molar-refractivity contribution in [1.82, 2.24) is 4.90 Å². The van der Waals surface area contributed by atoms with Crippen LogP contribution >= 0.6 is 0 Å². The van der Waals surface area contributed by atoms with Crippen molar-refractivity contribution < 1.29 is 9.53 Å². The lowest BCUT2D eigenvalue weighted by atomic mass is 10.1. The smallest absolute Gasteiger partial charge is 0.254 e. The fourth-order valence-corrected chi connectivity index (χ4v) is 2.65. The van der Waals surface area contributed by atoms with Gasteiger partial charge in [-0.1, -0.05) is 30.3 Å². The fourth-order valence-electron chi connectivity index (χ4n) is 2.65. The Bertz CT molecular complexity index is 412. The van der Waals surface area contributed by atoms with Crippen LogP contribution in [0.2, 0.25) is 0 Å². The van der Waals surface area contributed by atoms with E-state index < -0.39 is 0 Å². The third-order valence-corrected chi connectivity index (χ3v) is 3.80. The molecule has 2 fully saturated rings. The van der Waals surface area contributed by atoms with Gasteiger partial charge in [0, 0.05) is 13.1 Å². The topological polar surface area (TPSA) is 32.8 Å². The number of epoxide rings is 1. The first-order chi connectivity index (χ1) is 8.84. The predicted molar refractivity (Wildman–Crippen MR) is 69.2 cm³/mol. The van der Waals surface area contributed by atoms with Crippen molar-refractivity contribution in [3.63, 3.8) is 0 Å². The SMILES string of the molecule is O=C([C@@H]1O[C@H]1CCc1ccccc1)N1CCCC1. The Labute approximate surface area is 108 Å². The minimum Gasteiger partial charge on any atom is -0.359 e. The number of hydrogen-bond acceptors (Lipinski definition) is 2. The fraction of sp³-hybridized carbons (Fsp3) is 0.533. The first-order valence-electron chi connectivity index (χ1n) is 6.83. The zero-order valence-corrected chi connectivity index (χ0v) is 10.5. The summed E-state index contributed by atoms with van der Waals surface area (Å²) >= 11 is 0. The molecule has 1 aromatic carbocycles. The van der Waals surface area contributed by atoms with Crippen molar-refractivity contribution >= 4 is 5.91 Å². The summed E-state index contributed by atoms with van der Waals surface area (Å²) in [5.41, 5.74) is 1.32. The molecule has 3 heteroatoms. The van der Waals surface area contributed by atoms with Crippen LogP contribution in [-0.4, -0.2) is 36.1 Å². The van der Waals surface area contributed by atoms with Gasteiger partial charge in [-0.2, -0.15) is 0 Å². The summed E-state index contributed by atoms with van der Waals surface area (Å²) in [4.78, 5) is 14.0. The van der Waals surface area contributed by atoms with Gasteiger partial charge >= 0.3 is 0 Å². The van der Waals surface area contributed by atoms with Crippen LogP contribution in [0.15, 0.2) is 30.3 Å². The number of hydrogen-bond donors (Lipinski definition) is 0. The van der Waals surface area contributed by atoms with Gasteiger partial charge in [0.25, 0.3) is 5.91 Å². The zero-order chi connectivity index (χ0) is 12.4. The monoisotopic (exact) mass is 245 g/mol. The molecule has 0 bridgehead atoms. The molecule has 2 saturated heterocycles. The zero-order valence-electron chi connectivity index (χ0n) is 10.5. The van der Waals surface area contributed by atoms with E-state index in [1.54, 1.807) is 0 Å². The molecule has 18 heavy (non-hydrogen) atoms. The average molecular weight is 245 g/mol. The van der Waals surface area contributed by atoms with Gasteiger partial charge in [-0.15, -0.1) is 0 Å². The summed E-state index contributed by atoms with van der Waals surface area (Å²) in [5, 5.41) is 0. The first kappa shape index (κ1) is 11.7. The number of amides is 1. The Balaban J connectivity index is 1.45. The lowest BCUT2D eigenvalue weighted by molar-refractivity contribution is -0.131. The van der Waals surface area contributed by atoms with Crippen LogP contribution in [-0.2, 0) is 16.0 Å². The normalized spacial score (nSPS) is 26.3. The van der Waals surface area contributed by atoms with Gasteiger partial charge in [-0.3, -0.25) is 4.79 Å². The molecule has 0 saturated carbocycles. The molecule has 96 valence electrons. The molecule has 2 aliphatic rings. The Morgan fingerprint density at radius 2 is 1.94 bits per heavy atom. The second-order valence-corrected chi connectivity index (χ2v) is 5.15. The molecule has 1 aromatic rings. The predicted octanol–water partition coefficient (Wildman–Crippen LogP) is 2.01. The molecule has 2 aliphatic heterocycles. The minimum absolute atomic E-state index is 0.146. The Kier molecular flexibility index (Phi) is 3.33. The molecule has 2 heterocycles. The second kappa shape index (κ2) is 5.11. The molecular formula is C15H19NO2. The molecule has 3 rings (SSSR count). The first-order valence-corrected chi connectivity index (χ1v) is 6.83. The summed E-state index contributed by atoms with van der Waals surface area (Å²) in [5.74, 6) is 0.213. The Morgan fingerprint density at radius 3 is 2.67 bits per heavy atom. The number of carbonyl (C=O) groups excluding carboxylic acids is 1. The Hall–Kier alpha value is -1.35. The number of carbonyl (C=O) groups is 1. The third kappa shape index (κ3) is 2.56. The van der Waals surface area contributed by atoms with E-state index in [2.05, 4.69) is 24.3 Å². The lowest BCUT2D eigenvalue weighted by Crippen LogP contribution is -2.32. The molecule has 0 aliphatic carbocycles. The van der Waals surface area contributed by atoms with Gasteiger partial charge in [0.05, 0.1) is 6.10 Å². The van der Waals surface area contributed by atoms with E-state index in [0.29, 0.717) is 0 Å². The van der Waals surface area contributed by atoms with Crippen molar-refractivity contribution in [3.8, 4) is 0 Å². The highest BCUT2D eigenvalue weighted by molar-refractivity contribution is 5.84. The van der Waals surface area contributed by atoms with Crippen LogP contribution in [0.25, 0.3) is 0 Å². The number of rotatable bonds is 4. The van der Waals surface area contributed by atoms with E-state index >= 15 is 0 Å². The molecule has 1 amide bonds. The molecule has 0 unspecified atom stereocenters. The largest absolute Gasteiger partial charge is 0.359 e. The molecular weight excluding hydrogens is 226 g/mol. The van der Waals surface area contributed by atoms with Gasteiger partial charge in [-0.25, -0.2) is 0 Å². The van der Waals surface area contributed by atoms with Crippen molar-refractivity contribution in [2.24, 2.45) is 0 Å². The van der Waals surface area contributed by atoms with Crippen LogP contribution < -0.4 is 0 Å². The van der Waals surface area contributed by atoms with Crippen molar-refractivity contribution in [2.75, 3.05) is 13.1 Å². The quantitative estimate of drug-likeness (QED) is 0.760. The average Bonchev–Trinajstić information content (AvgIpc) is 2.98. The van der Waals surface area contributed by atoms with Gasteiger partial charge < -0.3 is 9.64 Å². The maximum Gasteiger partial charge on any atom is 0.254 e. The highest BCUT2D eigenvalue weighted by atomic mass is 16.6. The van der Waals surface area contributed by atoms with Crippen LogP contribution in [0.1, 0.15) is 24.8 Å². The van der Waals surface area contributed by atoms with Crippen LogP contribution in [0.3, 0.4) is 0 Å². The van der Waals surface area contributed by atoms with Crippen LogP contribution in [0.4, 0.5) is 0 Å². The lowest BCUT2D eigenvalue weighted by Gasteiger charge is -2.13. The summed E-state index contributed by atoms with van der Waals surface area (Å²) in [6.07, 6.45) is 4.24. The third-order valence-electron chi connectivity index (χ3n) is 3.80. The number of nitrogens with zero attached hydrogens (tertiary/aromatic N) is 1. The molecule has 0 spiro atoms. The van der Waals surface area contributed by atoms with E-state index in [1.807, 2.05) is 11.0 Å². The summed E-state index contributed by atoms with van der Waals surface area (Å²) in [7, 11) is 0. The number of aryl methyl sites for hydroxylation is 1. The van der Waals surface area contributed by atoms with Gasteiger partial charge in [0.2, 0.25) is 0 Å². The maximum absolute atomic E-state index is 12.0. The van der Waals surface area contributed by atoms with E-state index in [1.165, 1.54) is 5.56 Å². The number of benzene rings is 1. The highest BCUT2D eigenvalue weighted by Gasteiger charge is 2.46. The van der Waals surface area contributed by atoms with E-state index in [0.717, 1.165) is 38.8 Å². The van der Waals surface area contributed by atoms with E-state index in [-0.39, 0.29) is 18.1 Å². The van der Waals surface area contributed by atoms with Gasteiger partial charge in [0.15, 0.2) is 6.10 Å². The molecule has 0 aromatic heterocycles. The van der Waals surface area contributed by atoms with Crippen molar-refractivity contribution in [3.05, 3.63) is 35.9 Å². The number of ether oxygens (including phenoxy) is 1. The number of likely N-dealkylation sites (tertiary alicyclic amines) is 1. The molecule has 0 N–H and O–H groups in total. The van der Waals surface area contributed by atoms with Gasteiger partial charge in [0.1, 0.15) is 0 Å². The molecule has 2 atom stereocenters. The highest BCUT2D eigenvalue weighted by Crippen LogP contribution is 2.29. The maximum atomic E-state index is 12.0. The van der Waals surface area contributed by atoms with E-state index in [9.17, 15) is 4.79 Å². The minimum atomic E-state index is -0.146. The van der Waals surface area contributed by atoms with Gasteiger partial charge in [-0.05, 0) is 31.2 Å².